The van der Waals surface area contributed by atoms with Gasteiger partial charge >= 0.3 is 0 Å². The molecule has 1 aromatic rings. The molecule has 0 bridgehead atoms. The van der Waals surface area contributed by atoms with Gasteiger partial charge in [0, 0.05) is 13.1 Å². The zero-order valence-electron chi connectivity index (χ0n) is 9.49. The normalized spacial score (nSPS) is 10.4. The summed E-state index contributed by atoms with van der Waals surface area (Å²) in [5, 5.41) is 9.03. The third-order valence-electron chi connectivity index (χ3n) is 2.29. The number of halogens is 1. The average Bonchev–Trinajstić information content (AvgIpc) is 2.25. The van der Waals surface area contributed by atoms with Crippen LogP contribution in [-0.2, 0) is 0 Å². The van der Waals surface area contributed by atoms with E-state index in [-0.39, 0.29) is 6.61 Å². The van der Waals surface area contributed by atoms with Gasteiger partial charge in [0.15, 0.2) is 0 Å². The number of nitrogens with two attached hydrogens (primary N) is 1. The number of pyridine rings is 1. The number of hydrogen-bond donors (Lipinski definition) is 2. The first-order valence-corrected chi connectivity index (χ1v) is 6.25. The Hall–Kier alpha value is -0.810. The van der Waals surface area contributed by atoms with E-state index >= 15 is 0 Å². The molecule has 1 aromatic heterocycles. The number of rotatable bonds is 6. The van der Waals surface area contributed by atoms with Gasteiger partial charge in [-0.15, -0.1) is 0 Å². The molecule has 5 heteroatoms. The Morgan fingerprint density at radius 2 is 2.25 bits per heavy atom. The Morgan fingerprint density at radius 1 is 1.50 bits per heavy atom. The molecule has 0 aromatic carbocycles. The van der Waals surface area contributed by atoms with Crippen LogP contribution in [0.15, 0.2) is 16.7 Å². The molecular formula is C11H18BrN3O. The smallest absolute Gasteiger partial charge is 0.143 e. The van der Waals surface area contributed by atoms with Crippen molar-refractivity contribution in [3.8, 4) is 0 Å². The summed E-state index contributed by atoms with van der Waals surface area (Å²) < 4.78 is 0.872. The van der Waals surface area contributed by atoms with Gasteiger partial charge < -0.3 is 15.7 Å². The fourth-order valence-electron chi connectivity index (χ4n) is 1.47. The van der Waals surface area contributed by atoms with Crippen molar-refractivity contribution in [2.45, 2.75) is 19.8 Å². The molecule has 3 N–H and O–H groups in total. The molecule has 0 unspecified atom stereocenters. The van der Waals surface area contributed by atoms with Gasteiger partial charge in [-0.25, -0.2) is 4.98 Å². The lowest BCUT2D eigenvalue weighted by Gasteiger charge is -2.23. The van der Waals surface area contributed by atoms with Crippen molar-refractivity contribution in [2.24, 2.45) is 0 Å². The number of nitrogens with zero attached hydrogens (tertiary/aromatic N) is 2. The Bertz CT molecular complexity index is 333. The maximum absolute atomic E-state index is 9.03. The van der Waals surface area contributed by atoms with Crippen LogP contribution < -0.4 is 10.6 Å². The quantitative estimate of drug-likeness (QED) is 0.840. The second-order valence-corrected chi connectivity index (χ2v) is 4.49. The van der Waals surface area contributed by atoms with E-state index in [4.69, 9.17) is 10.8 Å². The summed E-state index contributed by atoms with van der Waals surface area (Å²) in [7, 11) is 0. The van der Waals surface area contributed by atoms with Crippen LogP contribution >= 0.6 is 15.9 Å². The number of hydrogen-bond acceptors (Lipinski definition) is 4. The van der Waals surface area contributed by atoms with E-state index in [9.17, 15) is 0 Å². The standard InChI is InChI=1S/C11H18BrN3O/c1-2-3-4-15(5-6-16)11-10(12)7-9(13)8-14-11/h7-8,16H,2-6,13H2,1H3. The maximum Gasteiger partial charge on any atom is 0.143 e. The predicted molar refractivity (Wildman–Crippen MR) is 70.6 cm³/mol. The van der Waals surface area contributed by atoms with Crippen molar-refractivity contribution in [1.82, 2.24) is 4.98 Å². The first kappa shape index (κ1) is 13.3. The van der Waals surface area contributed by atoms with E-state index in [1.54, 1.807) is 6.20 Å². The molecule has 0 fully saturated rings. The summed E-state index contributed by atoms with van der Waals surface area (Å²) >= 11 is 3.44. The predicted octanol–water partition coefficient (Wildman–Crippen LogP) is 2.03. The molecule has 4 nitrogen and oxygen atoms in total. The first-order chi connectivity index (χ1) is 7.69. The Balaban J connectivity index is 2.82. The van der Waals surface area contributed by atoms with Crippen LogP contribution in [0.25, 0.3) is 0 Å². The number of aliphatic hydroxyl groups is 1. The molecule has 90 valence electrons. The number of aromatic nitrogens is 1. The summed E-state index contributed by atoms with van der Waals surface area (Å²) in [6.07, 6.45) is 3.84. The van der Waals surface area contributed by atoms with Crippen molar-refractivity contribution in [3.05, 3.63) is 16.7 Å². The largest absolute Gasteiger partial charge is 0.397 e. The minimum Gasteiger partial charge on any atom is -0.397 e. The Labute approximate surface area is 105 Å². The van der Waals surface area contributed by atoms with Gasteiger partial charge in [-0.2, -0.15) is 0 Å². The third kappa shape index (κ3) is 3.64. The average molecular weight is 288 g/mol. The maximum atomic E-state index is 9.03. The molecule has 16 heavy (non-hydrogen) atoms. The summed E-state index contributed by atoms with van der Waals surface area (Å²) in [5.74, 6) is 0.844. The lowest BCUT2D eigenvalue weighted by atomic mass is 10.3. The van der Waals surface area contributed by atoms with Crippen molar-refractivity contribution in [3.63, 3.8) is 0 Å². The highest BCUT2D eigenvalue weighted by molar-refractivity contribution is 9.10. The van der Waals surface area contributed by atoms with Gasteiger partial charge in [0.2, 0.25) is 0 Å². The molecule has 0 saturated heterocycles. The van der Waals surface area contributed by atoms with Crippen LogP contribution in [0.5, 0.6) is 0 Å². The summed E-state index contributed by atoms with van der Waals surface area (Å²) in [5.41, 5.74) is 6.28. The van der Waals surface area contributed by atoms with Crippen molar-refractivity contribution < 1.29 is 5.11 Å². The van der Waals surface area contributed by atoms with E-state index in [0.29, 0.717) is 12.2 Å². The lowest BCUT2D eigenvalue weighted by Crippen LogP contribution is -2.28. The summed E-state index contributed by atoms with van der Waals surface area (Å²) in [6, 6.07) is 1.83. The first-order valence-electron chi connectivity index (χ1n) is 5.45. The highest BCUT2D eigenvalue weighted by Gasteiger charge is 2.10. The Morgan fingerprint density at radius 3 is 2.81 bits per heavy atom. The number of aliphatic hydroxyl groups excluding tert-OH is 1. The molecule has 0 radical (unpaired) electrons. The van der Waals surface area contributed by atoms with Gasteiger partial charge in [-0.3, -0.25) is 0 Å². The zero-order chi connectivity index (χ0) is 12.0. The van der Waals surface area contributed by atoms with E-state index in [0.717, 1.165) is 29.7 Å². The van der Waals surface area contributed by atoms with Gasteiger partial charge in [-0.1, -0.05) is 13.3 Å². The number of anilines is 2. The molecule has 0 saturated carbocycles. The Kier molecular flexibility index (Phi) is 5.55. The lowest BCUT2D eigenvalue weighted by molar-refractivity contribution is 0.301. The SMILES string of the molecule is CCCCN(CCO)c1ncc(N)cc1Br. The molecule has 0 spiro atoms. The summed E-state index contributed by atoms with van der Waals surface area (Å²) in [4.78, 5) is 6.36. The van der Waals surface area contributed by atoms with E-state index in [2.05, 4.69) is 32.7 Å². The third-order valence-corrected chi connectivity index (χ3v) is 2.88. The molecule has 1 heterocycles. The van der Waals surface area contributed by atoms with Gasteiger partial charge in [0.05, 0.1) is 23.0 Å². The molecule has 0 aliphatic rings. The molecular weight excluding hydrogens is 270 g/mol. The monoisotopic (exact) mass is 287 g/mol. The van der Waals surface area contributed by atoms with E-state index < -0.39 is 0 Å². The van der Waals surface area contributed by atoms with Gasteiger partial charge in [0.25, 0.3) is 0 Å². The van der Waals surface area contributed by atoms with Crippen molar-refractivity contribution >= 4 is 27.4 Å². The van der Waals surface area contributed by atoms with Crippen LogP contribution in [0.1, 0.15) is 19.8 Å². The minimum absolute atomic E-state index is 0.127. The molecule has 0 amide bonds. The summed E-state index contributed by atoms with van der Waals surface area (Å²) in [6.45, 7) is 3.76. The van der Waals surface area contributed by atoms with Gasteiger partial charge in [-0.05, 0) is 28.4 Å². The van der Waals surface area contributed by atoms with Crippen LogP contribution in [0.3, 0.4) is 0 Å². The van der Waals surface area contributed by atoms with E-state index in [1.165, 1.54) is 0 Å². The highest BCUT2D eigenvalue weighted by atomic mass is 79.9. The molecule has 1 rings (SSSR count). The second-order valence-electron chi connectivity index (χ2n) is 3.64. The van der Waals surface area contributed by atoms with Crippen molar-refractivity contribution in [2.75, 3.05) is 30.3 Å². The van der Waals surface area contributed by atoms with Crippen molar-refractivity contribution in [1.29, 1.82) is 0 Å². The van der Waals surface area contributed by atoms with Crippen LogP contribution in [0, 0.1) is 0 Å². The fraction of sp³-hybridized carbons (Fsp3) is 0.545. The number of unbranched alkanes of at least 4 members (excludes halogenated alkanes) is 1. The van der Waals surface area contributed by atoms with Crippen LogP contribution in [0.2, 0.25) is 0 Å². The topological polar surface area (TPSA) is 62.4 Å². The highest BCUT2D eigenvalue weighted by Crippen LogP contribution is 2.25. The second kappa shape index (κ2) is 6.70. The minimum atomic E-state index is 0.127. The molecule has 0 aliphatic carbocycles. The van der Waals surface area contributed by atoms with Crippen LogP contribution in [0.4, 0.5) is 11.5 Å². The molecule has 0 aliphatic heterocycles. The fourth-order valence-corrected chi connectivity index (χ4v) is 2.09. The number of nitrogen functional groups attached to an aromatic ring is 1. The van der Waals surface area contributed by atoms with Crippen LogP contribution in [-0.4, -0.2) is 29.8 Å². The van der Waals surface area contributed by atoms with Gasteiger partial charge in [0.1, 0.15) is 5.82 Å². The molecule has 0 atom stereocenters. The zero-order valence-corrected chi connectivity index (χ0v) is 11.1. The van der Waals surface area contributed by atoms with E-state index in [1.807, 2.05) is 6.07 Å².